The molecule has 0 bridgehead atoms. The highest BCUT2D eigenvalue weighted by Gasteiger charge is 2.31. The molecule has 3 amide bonds. The van der Waals surface area contributed by atoms with Crippen LogP contribution in [0.5, 0.6) is 0 Å². The van der Waals surface area contributed by atoms with Crippen molar-refractivity contribution >= 4 is 17.7 Å². The number of halogens is 3. The minimum absolute atomic E-state index is 0.0302. The molecule has 0 radical (unpaired) electrons. The van der Waals surface area contributed by atoms with E-state index in [0.29, 0.717) is 6.07 Å². The van der Waals surface area contributed by atoms with Crippen molar-refractivity contribution < 1.29 is 27.6 Å². The molecule has 0 atom stereocenters. The highest BCUT2D eigenvalue weighted by Crippen LogP contribution is 2.29. The van der Waals surface area contributed by atoms with Crippen LogP contribution in [0.2, 0.25) is 0 Å². The van der Waals surface area contributed by atoms with Crippen LogP contribution >= 0.6 is 0 Å². The van der Waals surface area contributed by atoms with Crippen LogP contribution in [-0.2, 0) is 15.8 Å². The van der Waals surface area contributed by atoms with Gasteiger partial charge in [0.25, 0.3) is 5.91 Å². The lowest BCUT2D eigenvalue weighted by Gasteiger charge is -2.10. The maximum absolute atomic E-state index is 12.5. The van der Waals surface area contributed by atoms with E-state index in [9.17, 15) is 27.6 Å². The van der Waals surface area contributed by atoms with Crippen molar-refractivity contribution in [2.24, 2.45) is 0 Å². The Morgan fingerprint density at radius 1 is 1.05 bits per heavy atom. The van der Waals surface area contributed by atoms with Crippen LogP contribution in [0.3, 0.4) is 0 Å². The van der Waals surface area contributed by atoms with Gasteiger partial charge in [0.05, 0.1) is 5.56 Å². The Hall–Kier alpha value is -2.58. The molecule has 22 heavy (non-hydrogen) atoms. The SMILES string of the molecule is O=C(NNC(=O)c1cccc(C(F)(F)F)c1)C(=O)NC1CC1. The Morgan fingerprint density at radius 3 is 2.32 bits per heavy atom. The van der Waals surface area contributed by atoms with Crippen molar-refractivity contribution in [2.45, 2.75) is 25.1 Å². The molecule has 0 aromatic heterocycles. The lowest BCUT2D eigenvalue weighted by Crippen LogP contribution is -2.49. The molecular weight excluding hydrogens is 303 g/mol. The van der Waals surface area contributed by atoms with Crippen molar-refractivity contribution in [3.63, 3.8) is 0 Å². The van der Waals surface area contributed by atoms with Crippen molar-refractivity contribution in [3.05, 3.63) is 35.4 Å². The maximum atomic E-state index is 12.5. The Morgan fingerprint density at radius 2 is 1.73 bits per heavy atom. The lowest BCUT2D eigenvalue weighted by atomic mass is 10.1. The second-order valence-corrected chi connectivity index (χ2v) is 4.73. The van der Waals surface area contributed by atoms with Crippen molar-refractivity contribution in [1.82, 2.24) is 16.2 Å². The Bertz CT molecular complexity index is 612. The Labute approximate surface area is 123 Å². The van der Waals surface area contributed by atoms with Gasteiger partial charge in [-0.25, -0.2) is 0 Å². The van der Waals surface area contributed by atoms with Crippen LogP contribution in [0.1, 0.15) is 28.8 Å². The van der Waals surface area contributed by atoms with Crippen LogP contribution < -0.4 is 16.2 Å². The summed E-state index contributed by atoms with van der Waals surface area (Å²) >= 11 is 0. The molecule has 1 fully saturated rings. The van der Waals surface area contributed by atoms with Crippen LogP contribution in [0, 0.1) is 0 Å². The number of benzene rings is 1. The minimum atomic E-state index is -4.58. The van der Waals surface area contributed by atoms with Gasteiger partial charge in [0.15, 0.2) is 0 Å². The van der Waals surface area contributed by atoms with E-state index < -0.39 is 29.5 Å². The molecular formula is C13H12F3N3O3. The summed E-state index contributed by atoms with van der Waals surface area (Å²) in [5, 5.41) is 2.40. The monoisotopic (exact) mass is 315 g/mol. The number of carbonyl (C=O) groups excluding carboxylic acids is 3. The van der Waals surface area contributed by atoms with E-state index in [4.69, 9.17) is 0 Å². The summed E-state index contributed by atoms with van der Waals surface area (Å²) in [5.74, 6) is -2.96. The van der Waals surface area contributed by atoms with Crippen LogP contribution in [0.15, 0.2) is 24.3 Å². The van der Waals surface area contributed by atoms with Gasteiger partial charge in [0.1, 0.15) is 0 Å². The second kappa shape index (κ2) is 6.04. The predicted octanol–water partition coefficient (Wildman–Crippen LogP) is 0.745. The lowest BCUT2D eigenvalue weighted by molar-refractivity contribution is -0.139. The highest BCUT2D eigenvalue weighted by molar-refractivity contribution is 6.35. The first kappa shape index (κ1) is 15.8. The van der Waals surface area contributed by atoms with Gasteiger partial charge in [-0.3, -0.25) is 25.2 Å². The first-order valence-electron chi connectivity index (χ1n) is 6.36. The third-order valence-corrected chi connectivity index (χ3v) is 2.86. The number of alkyl halides is 3. The average Bonchev–Trinajstić information content (AvgIpc) is 3.27. The van der Waals surface area contributed by atoms with Gasteiger partial charge >= 0.3 is 18.0 Å². The molecule has 118 valence electrons. The summed E-state index contributed by atoms with van der Waals surface area (Å²) in [5.41, 5.74) is 2.44. The number of hydrogen-bond acceptors (Lipinski definition) is 3. The van der Waals surface area contributed by atoms with Gasteiger partial charge in [-0.2, -0.15) is 13.2 Å². The largest absolute Gasteiger partial charge is 0.416 e. The topological polar surface area (TPSA) is 87.3 Å². The molecule has 0 unspecified atom stereocenters. The Kier molecular flexibility index (Phi) is 4.34. The van der Waals surface area contributed by atoms with Gasteiger partial charge in [-0.05, 0) is 31.0 Å². The van der Waals surface area contributed by atoms with Crippen molar-refractivity contribution in [2.75, 3.05) is 0 Å². The summed E-state index contributed by atoms with van der Waals surface area (Å²) in [6.07, 6.45) is -3.01. The molecule has 1 aromatic rings. The molecule has 3 N–H and O–H groups in total. The number of hydrogen-bond donors (Lipinski definition) is 3. The van der Waals surface area contributed by atoms with Crippen LogP contribution in [0.25, 0.3) is 0 Å². The zero-order chi connectivity index (χ0) is 16.3. The average molecular weight is 315 g/mol. The number of carbonyl (C=O) groups is 3. The van der Waals surface area contributed by atoms with E-state index in [0.717, 1.165) is 31.0 Å². The van der Waals surface area contributed by atoms with Gasteiger partial charge in [-0.1, -0.05) is 6.07 Å². The predicted molar refractivity (Wildman–Crippen MR) is 68.2 cm³/mol. The van der Waals surface area contributed by atoms with Crippen molar-refractivity contribution in [1.29, 1.82) is 0 Å². The maximum Gasteiger partial charge on any atom is 0.416 e. The zero-order valence-electron chi connectivity index (χ0n) is 11.2. The van der Waals surface area contributed by atoms with E-state index >= 15 is 0 Å². The standard InChI is InChI=1S/C13H12F3N3O3/c14-13(15,16)8-3-1-2-7(6-8)10(20)18-19-12(22)11(21)17-9-4-5-9/h1-3,6,9H,4-5H2,(H,17,21)(H,18,20)(H,19,22). The molecule has 9 heteroatoms. The molecule has 0 aliphatic heterocycles. The molecule has 1 aromatic carbocycles. The number of rotatable bonds is 2. The fraction of sp³-hybridized carbons (Fsp3) is 0.308. The third kappa shape index (κ3) is 4.21. The molecule has 0 spiro atoms. The van der Waals surface area contributed by atoms with Gasteiger partial charge in [0, 0.05) is 11.6 Å². The highest BCUT2D eigenvalue weighted by atomic mass is 19.4. The molecule has 0 heterocycles. The normalized spacial score (nSPS) is 14.1. The van der Waals surface area contributed by atoms with Gasteiger partial charge < -0.3 is 5.32 Å². The second-order valence-electron chi connectivity index (χ2n) is 4.73. The molecule has 1 saturated carbocycles. The minimum Gasteiger partial charge on any atom is -0.345 e. The number of hydrazine groups is 1. The van der Waals surface area contributed by atoms with Crippen molar-refractivity contribution in [3.8, 4) is 0 Å². The summed E-state index contributed by atoms with van der Waals surface area (Å²) in [4.78, 5) is 34.3. The molecule has 1 aliphatic carbocycles. The van der Waals surface area contributed by atoms with E-state index in [-0.39, 0.29) is 11.6 Å². The first-order valence-corrected chi connectivity index (χ1v) is 6.36. The summed E-state index contributed by atoms with van der Waals surface area (Å²) in [6, 6.07) is 3.65. The van der Waals surface area contributed by atoms with Crippen LogP contribution in [0.4, 0.5) is 13.2 Å². The fourth-order valence-corrected chi connectivity index (χ4v) is 1.56. The summed E-state index contributed by atoms with van der Waals surface area (Å²) in [7, 11) is 0. The summed E-state index contributed by atoms with van der Waals surface area (Å²) in [6.45, 7) is 0. The van der Waals surface area contributed by atoms with E-state index in [1.807, 2.05) is 10.9 Å². The van der Waals surface area contributed by atoms with E-state index in [1.165, 1.54) is 0 Å². The molecule has 6 nitrogen and oxygen atoms in total. The molecule has 0 saturated heterocycles. The van der Waals surface area contributed by atoms with Gasteiger partial charge in [0.2, 0.25) is 0 Å². The Balaban J connectivity index is 1.91. The number of amides is 3. The third-order valence-electron chi connectivity index (χ3n) is 2.86. The zero-order valence-corrected chi connectivity index (χ0v) is 11.2. The number of nitrogens with one attached hydrogen (secondary N) is 3. The molecule has 1 aliphatic rings. The fourth-order valence-electron chi connectivity index (χ4n) is 1.56. The van der Waals surface area contributed by atoms with E-state index in [2.05, 4.69) is 5.32 Å². The smallest absolute Gasteiger partial charge is 0.345 e. The summed E-state index contributed by atoms with van der Waals surface area (Å²) < 4.78 is 37.6. The quantitative estimate of drug-likeness (QED) is 0.556. The first-order chi connectivity index (χ1) is 10.3. The van der Waals surface area contributed by atoms with Crippen LogP contribution in [-0.4, -0.2) is 23.8 Å². The molecule has 2 rings (SSSR count). The van der Waals surface area contributed by atoms with Gasteiger partial charge in [-0.15, -0.1) is 0 Å². The van der Waals surface area contributed by atoms with E-state index in [1.54, 1.807) is 0 Å².